The third kappa shape index (κ3) is 2.29. The third-order valence-electron chi connectivity index (χ3n) is 4.62. The van der Waals surface area contributed by atoms with Crippen molar-refractivity contribution in [3.05, 3.63) is 59.2 Å². The summed E-state index contributed by atoms with van der Waals surface area (Å²) in [5.41, 5.74) is 1.32. The predicted octanol–water partition coefficient (Wildman–Crippen LogP) is 3.08. The highest BCUT2D eigenvalue weighted by atomic mass is 19.1. The van der Waals surface area contributed by atoms with Crippen LogP contribution in [0.1, 0.15) is 11.1 Å². The van der Waals surface area contributed by atoms with E-state index in [1.54, 1.807) is 26.0 Å². The number of halogens is 2. The van der Waals surface area contributed by atoms with Crippen LogP contribution in [-0.2, 0) is 9.59 Å². The second-order valence-electron chi connectivity index (χ2n) is 6.32. The first-order valence-corrected chi connectivity index (χ1v) is 7.98. The molecule has 0 saturated carbocycles. The quantitative estimate of drug-likeness (QED) is 0.777. The Morgan fingerprint density at radius 2 is 1.46 bits per heavy atom. The molecule has 0 unspecified atom stereocenters. The Bertz CT molecular complexity index is 976. The second kappa shape index (κ2) is 5.69. The molecule has 8 heteroatoms. The summed E-state index contributed by atoms with van der Waals surface area (Å²) in [5, 5.41) is 8.98. The molecule has 1 saturated heterocycles. The average Bonchev–Trinajstić information content (AvgIpc) is 3.14. The summed E-state index contributed by atoms with van der Waals surface area (Å²) in [6.45, 7) is 3.20. The van der Waals surface area contributed by atoms with Crippen molar-refractivity contribution in [2.75, 3.05) is 9.91 Å². The maximum absolute atomic E-state index is 13.9. The average molecular weight is 356 g/mol. The molecule has 0 aliphatic carbocycles. The predicted molar refractivity (Wildman–Crippen MR) is 89.7 cm³/mol. The van der Waals surface area contributed by atoms with Gasteiger partial charge in [-0.05, 0) is 49.2 Å². The lowest BCUT2D eigenvalue weighted by Gasteiger charge is -2.21. The van der Waals surface area contributed by atoms with Gasteiger partial charge in [0.1, 0.15) is 11.6 Å². The SMILES string of the molecule is Cc1ccc(N2C(=O)[C@@H]3[C@@H](N=NN3c3ccc(C)c(F)c3)C2=O)cc1F. The first-order valence-electron chi connectivity index (χ1n) is 7.98. The number of nitrogens with zero attached hydrogens (tertiary/aromatic N) is 4. The van der Waals surface area contributed by atoms with Crippen LogP contribution in [0.15, 0.2) is 46.7 Å². The summed E-state index contributed by atoms with van der Waals surface area (Å²) < 4.78 is 27.7. The summed E-state index contributed by atoms with van der Waals surface area (Å²) in [7, 11) is 0. The topological polar surface area (TPSA) is 65.3 Å². The van der Waals surface area contributed by atoms with E-state index in [1.165, 1.54) is 23.2 Å². The molecular weight excluding hydrogens is 342 g/mol. The largest absolute Gasteiger partial charge is 0.271 e. The number of hydrogen-bond donors (Lipinski definition) is 0. The van der Waals surface area contributed by atoms with Crippen molar-refractivity contribution < 1.29 is 18.4 Å². The molecule has 0 aromatic heterocycles. The van der Waals surface area contributed by atoms with E-state index in [9.17, 15) is 18.4 Å². The van der Waals surface area contributed by atoms with Gasteiger partial charge in [0, 0.05) is 0 Å². The Balaban J connectivity index is 1.71. The molecular formula is C18H14F2N4O2. The highest BCUT2D eigenvalue weighted by Gasteiger charge is 2.55. The number of carbonyl (C=O) groups excluding carboxylic acids is 2. The van der Waals surface area contributed by atoms with Gasteiger partial charge in [0.05, 0.1) is 11.4 Å². The van der Waals surface area contributed by atoms with E-state index >= 15 is 0 Å². The van der Waals surface area contributed by atoms with Crippen molar-refractivity contribution in [1.29, 1.82) is 0 Å². The van der Waals surface area contributed by atoms with Gasteiger partial charge in [0.2, 0.25) is 0 Å². The minimum absolute atomic E-state index is 0.141. The van der Waals surface area contributed by atoms with Crippen LogP contribution in [0.5, 0.6) is 0 Å². The molecule has 132 valence electrons. The molecule has 2 heterocycles. The summed E-state index contributed by atoms with van der Waals surface area (Å²) in [6.07, 6.45) is 0. The number of rotatable bonds is 2. The molecule has 0 radical (unpaired) electrons. The minimum Gasteiger partial charge on any atom is -0.271 e. The lowest BCUT2D eigenvalue weighted by Crippen LogP contribution is -2.40. The van der Waals surface area contributed by atoms with Crippen LogP contribution in [0.2, 0.25) is 0 Å². The minimum atomic E-state index is -1.03. The highest BCUT2D eigenvalue weighted by molar-refractivity contribution is 6.26. The van der Waals surface area contributed by atoms with Gasteiger partial charge in [-0.25, -0.2) is 18.7 Å². The summed E-state index contributed by atoms with van der Waals surface area (Å²) in [5.74, 6) is -2.12. The number of anilines is 2. The fourth-order valence-electron chi connectivity index (χ4n) is 3.07. The molecule has 2 atom stereocenters. The molecule has 0 bridgehead atoms. The van der Waals surface area contributed by atoms with Gasteiger partial charge >= 0.3 is 0 Å². The Kier molecular flexibility index (Phi) is 3.57. The standard InChI is InChI=1S/C18H14F2N4O2/c1-9-3-5-11(7-13(9)19)23-17(25)15-16(18(23)26)24(22-21-15)12-6-4-10(2)14(20)8-12/h3-8,15-16H,1-2H3/t15-,16+/m1/s1. The molecule has 2 amide bonds. The van der Waals surface area contributed by atoms with Gasteiger partial charge in [-0.2, -0.15) is 5.11 Å². The molecule has 4 rings (SSSR count). The summed E-state index contributed by atoms with van der Waals surface area (Å²) in [6, 6.07) is 6.50. The number of amides is 2. The van der Waals surface area contributed by atoms with Crippen LogP contribution in [0.3, 0.4) is 0 Å². The molecule has 2 aliphatic heterocycles. The normalized spacial score (nSPS) is 21.7. The Hall–Kier alpha value is -3.16. The van der Waals surface area contributed by atoms with E-state index in [4.69, 9.17) is 0 Å². The number of benzene rings is 2. The van der Waals surface area contributed by atoms with Crippen LogP contribution in [0.25, 0.3) is 0 Å². The highest BCUT2D eigenvalue weighted by Crippen LogP contribution is 2.35. The van der Waals surface area contributed by atoms with Gasteiger partial charge in [-0.3, -0.25) is 9.59 Å². The molecule has 2 aromatic carbocycles. The van der Waals surface area contributed by atoms with Crippen LogP contribution >= 0.6 is 0 Å². The van der Waals surface area contributed by atoms with E-state index < -0.39 is 35.5 Å². The number of fused-ring (bicyclic) bond motifs is 1. The van der Waals surface area contributed by atoms with Gasteiger partial charge in [-0.15, -0.1) is 0 Å². The van der Waals surface area contributed by atoms with Crippen LogP contribution in [0, 0.1) is 25.5 Å². The van der Waals surface area contributed by atoms with Crippen LogP contribution < -0.4 is 9.91 Å². The zero-order valence-electron chi connectivity index (χ0n) is 14.0. The number of imide groups is 1. The third-order valence-corrected chi connectivity index (χ3v) is 4.62. The van der Waals surface area contributed by atoms with Gasteiger partial charge in [0.15, 0.2) is 12.1 Å². The van der Waals surface area contributed by atoms with Crippen molar-refractivity contribution in [1.82, 2.24) is 0 Å². The molecule has 26 heavy (non-hydrogen) atoms. The van der Waals surface area contributed by atoms with E-state index in [0.29, 0.717) is 16.8 Å². The first kappa shape index (κ1) is 16.3. The molecule has 1 fully saturated rings. The number of hydrogen-bond acceptors (Lipinski definition) is 5. The van der Waals surface area contributed by atoms with Crippen molar-refractivity contribution >= 4 is 23.2 Å². The Morgan fingerprint density at radius 1 is 0.885 bits per heavy atom. The molecule has 2 aromatic rings. The lowest BCUT2D eigenvalue weighted by molar-refractivity contribution is -0.121. The van der Waals surface area contributed by atoms with Crippen molar-refractivity contribution in [3.8, 4) is 0 Å². The Labute approximate surface area is 147 Å². The molecule has 2 aliphatic rings. The van der Waals surface area contributed by atoms with Crippen LogP contribution in [0.4, 0.5) is 20.2 Å². The van der Waals surface area contributed by atoms with Crippen LogP contribution in [-0.4, -0.2) is 23.9 Å². The zero-order valence-corrected chi connectivity index (χ0v) is 14.0. The number of carbonyl (C=O) groups is 2. The van der Waals surface area contributed by atoms with Gasteiger partial charge < -0.3 is 0 Å². The van der Waals surface area contributed by atoms with Crippen molar-refractivity contribution in [2.24, 2.45) is 10.3 Å². The molecule has 0 N–H and O–H groups in total. The smallest absolute Gasteiger partial charge is 0.263 e. The fraction of sp³-hybridized carbons (Fsp3) is 0.222. The van der Waals surface area contributed by atoms with E-state index in [1.807, 2.05) is 0 Å². The fourth-order valence-corrected chi connectivity index (χ4v) is 3.07. The monoisotopic (exact) mass is 356 g/mol. The zero-order chi connectivity index (χ0) is 18.6. The Morgan fingerprint density at radius 3 is 2.08 bits per heavy atom. The number of aryl methyl sites for hydroxylation is 2. The molecule has 6 nitrogen and oxygen atoms in total. The summed E-state index contributed by atoms with van der Waals surface area (Å²) in [4.78, 5) is 26.4. The lowest BCUT2D eigenvalue weighted by atomic mass is 10.1. The summed E-state index contributed by atoms with van der Waals surface area (Å²) >= 11 is 0. The molecule has 0 spiro atoms. The van der Waals surface area contributed by atoms with E-state index in [2.05, 4.69) is 10.3 Å². The van der Waals surface area contributed by atoms with Crippen molar-refractivity contribution in [2.45, 2.75) is 25.9 Å². The van der Waals surface area contributed by atoms with Crippen molar-refractivity contribution in [3.63, 3.8) is 0 Å². The van der Waals surface area contributed by atoms with Gasteiger partial charge in [0.25, 0.3) is 11.8 Å². The van der Waals surface area contributed by atoms with E-state index in [0.717, 1.165) is 11.0 Å². The van der Waals surface area contributed by atoms with Gasteiger partial charge in [-0.1, -0.05) is 17.4 Å². The maximum Gasteiger partial charge on any atom is 0.263 e. The second-order valence-corrected chi connectivity index (χ2v) is 6.32. The maximum atomic E-state index is 13.9. The van der Waals surface area contributed by atoms with E-state index in [-0.39, 0.29) is 5.69 Å². The first-order chi connectivity index (χ1) is 12.4.